The Hall–Kier alpha value is -1.93. The largest absolute Gasteiger partial charge is 0.478 e. The molecule has 0 aliphatic carbocycles. The summed E-state index contributed by atoms with van der Waals surface area (Å²) in [6.45, 7) is 0. The topological polar surface area (TPSA) is 102 Å². The Morgan fingerprint density at radius 3 is 2.63 bits per heavy atom. The van der Waals surface area contributed by atoms with E-state index in [4.69, 9.17) is 16.7 Å². The molecule has 2 heterocycles. The summed E-state index contributed by atoms with van der Waals surface area (Å²) in [7, 11) is -3.42. The van der Waals surface area contributed by atoms with Crippen molar-refractivity contribution in [3.8, 4) is 5.82 Å². The van der Waals surface area contributed by atoms with Crippen molar-refractivity contribution in [2.75, 3.05) is 6.26 Å². The van der Waals surface area contributed by atoms with Crippen LogP contribution in [-0.2, 0) is 9.84 Å². The fraction of sp³-hybridized carbons (Fsp3) is 0.100. The fourth-order valence-corrected chi connectivity index (χ4v) is 2.05. The van der Waals surface area contributed by atoms with E-state index in [9.17, 15) is 13.2 Å². The standard InChI is InChI=1S/C10H8ClN3O4S/c1-19(17,18)6-4-12-14(5-6)9-7(10(15)16)2-3-8(11)13-9/h2-5H,1H3,(H,15,16). The Kier molecular flexibility index (Phi) is 3.29. The quantitative estimate of drug-likeness (QED) is 0.849. The fourth-order valence-electron chi connectivity index (χ4n) is 1.38. The number of halogens is 1. The third-order valence-corrected chi connectivity index (χ3v) is 3.55. The zero-order valence-electron chi connectivity index (χ0n) is 9.61. The van der Waals surface area contributed by atoms with Crippen molar-refractivity contribution < 1.29 is 18.3 Å². The zero-order valence-corrected chi connectivity index (χ0v) is 11.2. The SMILES string of the molecule is CS(=O)(=O)c1cnn(-c2nc(Cl)ccc2C(=O)O)c1. The summed E-state index contributed by atoms with van der Waals surface area (Å²) in [5.41, 5.74) is -0.132. The van der Waals surface area contributed by atoms with Gasteiger partial charge < -0.3 is 5.11 Å². The molecular weight excluding hydrogens is 294 g/mol. The first-order valence-electron chi connectivity index (χ1n) is 4.94. The summed E-state index contributed by atoms with van der Waals surface area (Å²) < 4.78 is 23.8. The monoisotopic (exact) mass is 301 g/mol. The van der Waals surface area contributed by atoms with Crippen LogP contribution in [0.2, 0.25) is 5.15 Å². The van der Waals surface area contributed by atoms with Crippen LogP contribution in [0.5, 0.6) is 0 Å². The number of aromatic carboxylic acids is 1. The molecule has 0 aliphatic rings. The van der Waals surface area contributed by atoms with Crippen LogP contribution in [0, 0.1) is 0 Å². The van der Waals surface area contributed by atoms with Gasteiger partial charge >= 0.3 is 5.97 Å². The maximum Gasteiger partial charge on any atom is 0.339 e. The highest BCUT2D eigenvalue weighted by Crippen LogP contribution is 2.17. The average Bonchev–Trinajstić information content (AvgIpc) is 2.77. The summed E-state index contributed by atoms with van der Waals surface area (Å²) in [6, 6.07) is 2.60. The van der Waals surface area contributed by atoms with E-state index in [1.54, 1.807) is 0 Å². The lowest BCUT2D eigenvalue weighted by molar-refractivity contribution is 0.0696. The highest BCUT2D eigenvalue weighted by molar-refractivity contribution is 7.90. The van der Waals surface area contributed by atoms with E-state index in [-0.39, 0.29) is 21.4 Å². The average molecular weight is 302 g/mol. The van der Waals surface area contributed by atoms with Crippen LogP contribution in [0.1, 0.15) is 10.4 Å². The summed E-state index contributed by atoms with van der Waals surface area (Å²) in [4.78, 5) is 14.9. The van der Waals surface area contributed by atoms with E-state index in [0.717, 1.165) is 17.1 Å². The first kappa shape index (κ1) is 13.5. The second-order valence-electron chi connectivity index (χ2n) is 3.70. The van der Waals surface area contributed by atoms with Crippen LogP contribution in [-0.4, -0.2) is 40.5 Å². The maximum atomic E-state index is 11.3. The van der Waals surface area contributed by atoms with Gasteiger partial charge in [0.1, 0.15) is 15.6 Å². The Labute approximate surface area is 113 Å². The first-order chi connectivity index (χ1) is 8.79. The Morgan fingerprint density at radius 2 is 2.11 bits per heavy atom. The van der Waals surface area contributed by atoms with Crippen molar-refractivity contribution in [2.24, 2.45) is 0 Å². The molecule has 1 N–H and O–H groups in total. The van der Waals surface area contributed by atoms with Crippen molar-refractivity contribution in [3.05, 3.63) is 35.2 Å². The molecule has 0 radical (unpaired) electrons. The number of nitrogens with zero attached hydrogens (tertiary/aromatic N) is 3. The smallest absolute Gasteiger partial charge is 0.339 e. The predicted molar refractivity (Wildman–Crippen MR) is 66.4 cm³/mol. The molecule has 0 aromatic carbocycles. The molecule has 7 nitrogen and oxygen atoms in total. The minimum Gasteiger partial charge on any atom is -0.478 e. The van der Waals surface area contributed by atoms with Gasteiger partial charge in [0, 0.05) is 6.26 Å². The van der Waals surface area contributed by atoms with Gasteiger partial charge in [-0.1, -0.05) is 11.6 Å². The van der Waals surface area contributed by atoms with Crippen LogP contribution < -0.4 is 0 Å². The minimum atomic E-state index is -3.42. The van der Waals surface area contributed by atoms with Crippen LogP contribution in [0.3, 0.4) is 0 Å². The Balaban J connectivity index is 2.62. The molecule has 0 atom stereocenters. The molecule has 2 aromatic rings. The van der Waals surface area contributed by atoms with E-state index in [0.29, 0.717) is 0 Å². The molecule has 0 unspecified atom stereocenters. The van der Waals surface area contributed by atoms with E-state index >= 15 is 0 Å². The molecule has 0 aliphatic heterocycles. The number of carbonyl (C=O) groups is 1. The lowest BCUT2D eigenvalue weighted by atomic mass is 10.2. The Morgan fingerprint density at radius 1 is 1.42 bits per heavy atom. The lowest BCUT2D eigenvalue weighted by Gasteiger charge is -2.04. The molecule has 0 saturated carbocycles. The molecule has 0 amide bonds. The molecule has 0 fully saturated rings. The number of pyridine rings is 1. The molecule has 2 rings (SSSR count). The third-order valence-electron chi connectivity index (χ3n) is 2.28. The number of carboxylic acid groups (broad SMARTS) is 1. The van der Waals surface area contributed by atoms with Crippen molar-refractivity contribution in [1.82, 2.24) is 14.8 Å². The highest BCUT2D eigenvalue weighted by Gasteiger charge is 2.17. The molecular formula is C10H8ClN3O4S. The third kappa shape index (κ3) is 2.74. The van der Waals surface area contributed by atoms with Crippen LogP contribution >= 0.6 is 11.6 Å². The summed E-state index contributed by atoms with van der Waals surface area (Å²) in [6.07, 6.45) is 3.32. The van der Waals surface area contributed by atoms with Gasteiger partial charge in [0.05, 0.1) is 12.4 Å². The Bertz CT molecular complexity index is 754. The number of aromatic nitrogens is 3. The minimum absolute atomic E-state index is 0.0365. The van der Waals surface area contributed by atoms with Crippen molar-refractivity contribution in [1.29, 1.82) is 0 Å². The van der Waals surface area contributed by atoms with E-state index in [1.165, 1.54) is 18.3 Å². The number of carboxylic acids is 1. The second kappa shape index (κ2) is 4.63. The van der Waals surface area contributed by atoms with Crippen LogP contribution in [0.25, 0.3) is 5.82 Å². The number of hydrogen-bond acceptors (Lipinski definition) is 5. The van der Waals surface area contributed by atoms with Gasteiger partial charge in [-0.15, -0.1) is 0 Å². The van der Waals surface area contributed by atoms with E-state index in [1.807, 2.05) is 0 Å². The van der Waals surface area contributed by atoms with Gasteiger partial charge in [0.25, 0.3) is 0 Å². The summed E-state index contributed by atoms with van der Waals surface area (Å²) in [5, 5.41) is 12.9. The van der Waals surface area contributed by atoms with E-state index in [2.05, 4.69) is 10.1 Å². The van der Waals surface area contributed by atoms with Gasteiger partial charge in [-0.2, -0.15) is 5.10 Å². The normalized spacial score (nSPS) is 11.5. The molecule has 0 bridgehead atoms. The van der Waals surface area contributed by atoms with Crippen LogP contribution in [0.4, 0.5) is 0 Å². The van der Waals surface area contributed by atoms with Gasteiger partial charge in [0.2, 0.25) is 0 Å². The van der Waals surface area contributed by atoms with Crippen molar-refractivity contribution >= 4 is 27.4 Å². The highest BCUT2D eigenvalue weighted by atomic mass is 35.5. The number of rotatable bonds is 3. The number of hydrogen-bond donors (Lipinski definition) is 1. The van der Waals surface area contributed by atoms with Crippen LogP contribution in [0.15, 0.2) is 29.4 Å². The maximum absolute atomic E-state index is 11.3. The second-order valence-corrected chi connectivity index (χ2v) is 6.11. The molecule has 100 valence electrons. The van der Waals surface area contributed by atoms with E-state index < -0.39 is 15.8 Å². The van der Waals surface area contributed by atoms with Gasteiger partial charge in [-0.3, -0.25) is 0 Å². The first-order valence-corrected chi connectivity index (χ1v) is 7.21. The molecule has 0 spiro atoms. The summed E-state index contributed by atoms with van der Waals surface area (Å²) in [5.74, 6) is -1.26. The summed E-state index contributed by atoms with van der Waals surface area (Å²) >= 11 is 5.70. The lowest BCUT2D eigenvalue weighted by Crippen LogP contribution is -2.08. The van der Waals surface area contributed by atoms with Crippen molar-refractivity contribution in [2.45, 2.75) is 4.90 Å². The molecule has 19 heavy (non-hydrogen) atoms. The predicted octanol–water partition coefficient (Wildman–Crippen LogP) is 1.02. The van der Waals surface area contributed by atoms with Gasteiger partial charge in [-0.25, -0.2) is 22.9 Å². The number of sulfone groups is 1. The molecule has 0 saturated heterocycles. The molecule has 2 aromatic heterocycles. The van der Waals surface area contributed by atoms with Crippen molar-refractivity contribution in [3.63, 3.8) is 0 Å². The van der Waals surface area contributed by atoms with Gasteiger partial charge in [-0.05, 0) is 12.1 Å². The van der Waals surface area contributed by atoms with Gasteiger partial charge in [0.15, 0.2) is 15.7 Å². The molecule has 9 heteroatoms. The zero-order chi connectivity index (χ0) is 14.2.